The molecule has 1 rings (SSSR count). The number of rotatable bonds is 3. The quantitative estimate of drug-likeness (QED) is 0.818. The molecule has 0 aliphatic heterocycles. The van der Waals surface area contributed by atoms with Crippen LogP contribution in [0.1, 0.15) is 21.4 Å². The highest BCUT2D eigenvalue weighted by atomic mass is 35.5. The first-order chi connectivity index (χ1) is 6.07. The molecule has 0 saturated carbocycles. The second kappa shape index (κ2) is 4.42. The minimum atomic E-state index is -0.443. The van der Waals surface area contributed by atoms with Gasteiger partial charge in [0.15, 0.2) is 0 Å². The fourth-order valence-corrected chi connectivity index (χ4v) is 2.58. The molecule has 4 heteroatoms. The second-order valence-electron chi connectivity index (χ2n) is 3.03. The van der Waals surface area contributed by atoms with Crippen LogP contribution in [0.25, 0.3) is 0 Å². The molecule has 2 N–H and O–H groups in total. The van der Waals surface area contributed by atoms with Gasteiger partial charge in [-0.15, -0.1) is 11.3 Å². The highest BCUT2D eigenvalue weighted by Crippen LogP contribution is 2.35. The molecule has 74 valence electrons. The Morgan fingerprint density at radius 2 is 2.15 bits per heavy atom. The molecule has 0 aliphatic carbocycles. The fourth-order valence-electron chi connectivity index (χ4n) is 1.26. The van der Waals surface area contributed by atoms with Crippen molar-refractivity contribution in [2.24, 2.45) is 0 Å². The zero-order valence-corrected chi connectivity index (χ0v) is 9.59. The van der Waals surface area contributed by atoms with Crippen molar-refractivity contribution >= 4 is 22.9 Å². The van der Waals surface area contributed by atoms with Crippen LogP contribution in [-0.4, -0.2) is 18.7 Å². The van der Waals surface area contributed by atoms with Gasteiger partial charge >= 0.3 is 0 Å². The van der Waals surface area contributed by atoms with E-state index in [2.05, 4.69) is 5.32 Å². The number of likely N-dealkylation sites (N-methyl/N-ethyl adjacent to an activating group) is 1. The molecule has 0 spiro atoms. The number of nitrogens with one attached hydrogen (secondary N) is 1. The van der Waals surface area contributed by atoms with E-state index in [1.807, 2.05) is 20.9 Å². The Kier molecular flexibility index (Phi) is 3.74. The number of hydrogen-bond donors (Lipinski definition) is 2. The van der Waals surface area contributed by atoms with Gasteiger partial charge in [0.25, 0.3) is 0 Å². The van der Waals surface area contributed by atoms with E-state index in [9.17, 15) is 5.11 Å². The molecular formula is C9H14ClNOS. The van der Waals surface area contributed by atoms with Gasteiger partial charge in [-0.05, 0) is 26.5 Å². The standard InChI is InChI=1S/C9H14ClNOS/c1-5-8(10)6(2)13-9(5)7(12)4-11-3/h7,11-12H,4H2,1-3H3. The molecule has 2 nitrogen and oxygen atoms in total. The number of aryl methyl sites for hydroxylation is 1. The molecular weight excluding hydrogens is 206 g/mol. The average molecular weight is 220 g/mol. The third-order valence-electron chi connectivity index (χ3n) is 1.97. The van der Waals surface area contributed by atoms with Crippen LogP contribution >= 0.6 is 22.9 Å². The van der Waals surface area contributed by atoms with Gasteiger partial charge in [-0.2, -0.15) is 0 Å². The monoisotopic (exact) mass is 219 g/mol. The van der Waals surface area contributed by atoms with Gasteiger partial charge in [-0.25, -0.2) is 0 Å². The van der Waals surface area contributed by atoms with Crippen LogP contribution in [0.15, 0.2) is 0 Å². The summed E-state index contributed by atoms with van der Waals surface area (Å²) in [5, 5.41) is 13.5. The number of aliphatic hydroxyl groups excluding tert-OH is 1. The van der Waals surface area contributed by atoms with E-state index in [1.165, 1.54) is 0 Å². The SMILES string of the molecule is CNCC(O)c1sc(C)c(Cl)c1C. The van der Waals surface area contributed by atoms with E-state index < -0.39 is 6.10 Å². The van der Waals surface area contributed by atoms with Gasteiger partial charge in [0.1, 0.15) is 6.10 Å². The summed E-state index contributed by atoms with van der Waals surface area (Å²) in [5.74, 6) is 0. The smallest absolute Gasteiger partial charge is 0.101 e. The predicted octanol–water partition coefficient (Wildman–Crippen LogP) is 2.27. The van der Waals surface area contributed by atoms with Gasteiger partial charge in [-0.3, -0.25) is 0 Å². The van der Waals surface area contributed by atoms with Crippen molar-refractivity contribution in [3.05, 3.63) is 20.3 Å². The molecule has 13 heavy (non-hydrogen) atoms. The molecule has 1 atom stereocenters. The number of aliphatic hydroxyl groups is 1. The Labute approximate surface area is 87.5 Å². The van der Waals surface area contributed by atoms with E-state index in [-0.39, 0.29) is 0 Å². The maximum absolute atomic E-state index is 9.73. The largest absolute Gasteiger partial charge is 0.386 e. The van der Waals surface area contributed by atoms with Crippen molar-refractivity contribution in [1.29, 1.82) is 0 Å². The lowest BCUT2D eigenvalue weighted by molar-refractivity contribution is 0.181. The van der Waals surface area contributed by atoms with E-state index in [0.717, 1.165) is 20.3 Å². The highest BCUT2D eigenvalue weighted by molar-refractivity contribution is 7.12. The van der Waals surface area contributed by atoms with E-state index in [4.69, 9.17) is 11.6 Å². The molecule has 0 aromatic carbocycles. The summed E-state index contributed by atoms with van der Waals surface area (Å²) >= 11 is 7.59. The molecule has 0 radical (unpaired) electrons. The van der Waals surface area contributed by atoms with Gasteiger partial charge < -0.3 is 10.4 Å². The van der Waals surface area contributed by atoms with Crippen molar-refractivity contribution in [3.8, 4) is 0 Å². The fraction of sp³-hybridized carbons (Fsp3) is 0.556. The Morgan fingerprint density at radius 1 is 1.54 bits per heavy atom. The second-order valence-corrected chi connectivity index (χ2v) is 4.67. The first-order valence-corrected chi connectivity index (χ1v) is 5.35. The van der Waals surface area contributed by atoms with E-state index in [0.29, 0.717) is 6.54 Å². The minimum Gasteiger partial charge on any atom is -0.386 e. The lowest BCUT2D eigenvalue weighted by atomic mass is 10.2. The summed E-state index contributed by atoms with van der Waals surface area (Å²) in [6, 6.07) is 0. The van der Waals surface area contributed by atoms with Crippen LogP contribution in [0.4, 0.5) is 0 Å². The maximum atomic E-state index is 9.73. The van der Waals surface area contributed by atoms with Crippen molar-refractivity contribution < 1.29 is 5.11 Å². The lowest BCUT2D eigenvalue weighted by Gasteiger charge is -2.08. The Balaban J connectivity index is 2.94. The summed E-state index contributed by atoms with van der Waals surface area (Å²) in [4.78, 5) is 2.04. The van der Waals surface area contributed by atoms with Crippen molar-refractivity contribution in [2.75, 3.05) is 13.6 Å². The van der Waals surface area contributed by atoms with Crippen molar-refractivity contribution in [1.82, 2.24) is 5.32 Å². The zero-order valence-electron chi connectivity index (χ0n) is 8.02. The average Bonchev–Trinajstić information content (AvgIpc) is 2.33. The Bertz CT molecular complexity index is 298. The summed E-state index contributed by atoms with van der Waals surface area (Å²) < 4.78 is 0. The van der Waals surface area contributed by atoms with E-state index >= 15 is 0 Å². The molecule has 0 saturated heterocycles. The molecule has 1 unspecified atom stereocenters. The zero-order chi connectivity index (χ0) is 10.0. The third-order valence-corrected chi connectivity index (χ3v) is 3.96. The van der Waals surface area contributed by atoms with Crippen molar-refractivity contribution in [2.45, 2.75) is 20.0 Å². The van der Waals surface area contributed by atoms with Gasteiger partial charge in [-0.1, -0.05) is 11.6 Å². The van der Waals surface area contributed by atoms with Gasteiger partial charge in [0, 0.05) is 16.3 Å². The van der Waals surface area contributed by atoms with Crippen LogP contribution in [0.2, 0.25) is 5.02 Å². The molecule has 0 bridgehead atoms. The first-order valence-electron chi connectivity index (χ1n) is 4.16. The molecule has 0 aliphatic rings. The summed E-state index contributed by atoms with van der Waals surface area (Å²) in [6.45, 7) is 4.48. The first kappa shape index (κ1) is 11.0. The molecule has 1 heterocycles. The van der Waals surface area contributed by atoms with Crippen LogP contribution in [0.3, 0.4) is 0 Å². The van der Waals surface area contributed by atoms with Crippen molar-refractivity contribution in [3.63, 3.8) is 0 Å². The number of hydrogen-bond acceptors (Lipinski definition) is 3. The van der Waals surface area contributed by atoms with Gasteiger partial charge in [0.2, 0.25) is 0 Å². The minimum absolute atomic E-state index is 0.443. The van der Waals surface area contributed by atoms with Crippen LogP contribution < -0.4 is 5.32 Å². The third kappa shape index (κ3) is 2.23. The maximum Gasteiger partial charge on any atom is 0.101 e. The van der Waals surface area contributed by atoms with Gasteiger partial charge in [0.05, 0.1) is 5.02 Å². The van der Waals surface area contributed by atoms with E-state index in [1.54, 1.807) is 11.3 Å². The molecule has 1 aromatic rings. The van der Waals surface area contributed by atoms with Crippen LogP contribution in [-0.2, 0) is 0 Å². The number of thiophene rings is 1. The highest BCUT2D eigenvalue weighted by Gasteiger charge is 2.16. The topological polar surface area (TPSA) is 32.3 Å². The Hall–Kier alpha value is -0.0900. The summed E-state index contributed by atoms with van der Waals surface area (Å²) in [5.41, 5.74) is 1.01. The Morgan fingerprint density at radius 3 is 2.54 bits per heavy atom. The molecule has 0 fully saturated rings. The predicted molar refractivity (Wildman–Crippen MR) is 57.7 cm³/mol. The lowest BCUT2D eigenvalue weighted by Crippen LogP contribution is -2.16. The summed E-state index contributed by atoms with van der Waals surface area (Å²) in [7, 11) is 1.82. The normalized spacial score (nSPS) is 13.3. The summed E-state index contributed by atoms with van der Waals surface area (Å²) in [6.07, 6.45) is -0.443. The van der Waals surface area contributed by atoms with Crippen LogP contribution in [0.5, 0.6) is 0 Å². The molecule has 1 aromatic heterocycles. The molecule has 0 amide bonds. The van der Waals surface area contributed by atoms with Crippen LogP contribution in [0, 0.1) is 13.8 Å². The number of halogens is 1.